The summed E-state index contributed by atoms with van der Waals surface area (Å²) in [6, 6.07) is 0. The predicted octanol–water partition coefficient (Wildman–Crippen LogP) is 1.23. The van der Waals surface area contributed by atoms with Gasteiger partial charge in [-0.2, -0.15) is 5.06 Å². The van der Waals surface area contributed by atoms with Crippen LogP contribution in [0.5, 0.6) is 0 Å². The first-order valence-corrected chi connectivity index (χ1v) is 3.76. The Labute approximate surface area is 60.9 Å². The second-order valence-corrected chi connectivity index (χ2v) is 2.83. The van der Waals surface area contributed by atoms with Crippen molar-refractivity contribution in [1.29, 1.82) is 0 Å². The molecule has 0 aromatic carbocycles. The Kier molecular flexibility index (Phi) is 3.09. The highest BCUT2D eigenvalue weighted by Crippen LogP contribution is 2.10. The summed E-state index contributed by atoms with van der Waals surface area (Å²) in [4.78, 5) is 5.23. The van der Waals surface area contributed by atoms with E-state index in [2.05, 4.69) is 6.92 Å². The fourth-order valence-corrected chi connectivity index (χ4v) is 1.08. The quantitative estimate of drug-likeness (QED) is 0.595. The average Bonchev–Trinajstić information content (AvgIpc) is 2.31. The van der Waals surface area contributed by atoms with Gasteiger partial charge >= 0.3 is 0 Å². The SMILES string of the molecule is CC1CON(CCCF)C1. The van der Waals surface area contributed by atoms with Gasteiger partial charge in [0.25, 0.3) is 0 Å². The van der Waals surface area contributed by atoms with Crippen molar-refractivity contribution >= 4 is 0 Å². The zero-order valence-corrected chi connectivity index (χ0v) is 6.35. The molecule has 1 saturated heterocycles. The summed E-state index contributed by atoms with van der Waals surface area (Å²) in [5, 5.41) is 1.85. The molecule has 1 fully saturated rings. The number of nitrogens with zero attached hydrogens (tertiary/aromatic N) is 1. The maximum atomic E-state index is 11.7. The molecule has 0 aromatic rings. The largest absolute Gasteiger partial charge is 0.299 e. The Bertz CT molecular complexity index is 99.6. The van der Waals surface area contributed by atoms with Gasteiger partial charge in [0.2, 0.25) is 0 Å². The summed E-state index contributed by atoms with van der Waals surface area (Å²) < 4.78 is 11.7. The highest BCUT2D eigenvalue weighted by atomic mass is 19.1. The van der Waals surface area contributed by atoms with Crippen molar-refractivity contribution in [3.63, 3.8) is 0 Å². The molecule has 1 heterocycles. The number of hydroxylamine groups is 2. The summed E-state index contributed by atoms with van der Waals surface area (Å²) in [6.07, 6.45) is 0.590. The first-order valence-electron chi connectivity index (χ1n) is 3.76. The average molecular weight is 147 g/mol. The van der Waals surface area contributed by atoms with Gasteiger partial charge in [-0.1, -0.05) is 6.92 Å². The van der Waals surface area contributed by atoms with Crippen LogP contribution in [0.2, 0.25) is 0 Å². The van der Waals surface area contributed by atoms with Crippen molar-refractivity contribution in [1.82, 2.24) is 5.06 Å². The van der Waals surface area contributed by atoms with Crippen LogP contribution in [0.3, 0.4) is 0 Å². The van der Waals surface area contributed by atoms with Crippen molar-refractivity contribution in [3.8, 4) is 0 Å². The van der Waals surface area contributed by atoms with Gasteiger partial charge in [-0.05, 0) is 12.3 Å². The smallest absolute Gasteiger partial charge is 0.0907 e. The fourth-order valence-electron chi connectivity index (χ4n) is 1.08. The van der Waals surface area contributed by atoms with Crippen LogP contribution in [0.4, 0.5) is 4.39 Å². The van der Waals surface area contributed by atoms with Gasteiger partial charge in [-0.3, -0.25) is 9.23 Å². The van der Waals surface area contributed by atoms with E-state index in [9.17, 15) is 4.39 Å². The third kappa shape index (κ3) is 2.23. The van der Waals surface area contributed by atoms with Crippen LogP contribution in [-0.4, -0.2) is 31.4 Å². The fraction of sp³-hybridized carbons (Fsp3) is 1.00. The number of alkyl halides is 1. The van der Waals surface area contributed by atoms with Gasteiger partial charge < -0.3 is 0 Å². The molecule has 2 nitrogen and oxygen atoms in total. The van der Waals surface area contributed by atoms with Crippen LogP contribution in [-0.2, 0) is 4.84 Å². The molecule has 0 saturated carbocycles. The lowest BCUT2D eigenvalue weighted by Crippen LogP contribution is -2.20. The lowest BCUT2D eigenvalue weighted by molar-refractivity contribution is -0.111. The lowest BCUT2D eigenvalue weighted by Gasteiger charge is -2.11. The Morgan fingerprint density at radius 3 is 3.00 bits per heavy atom. The van der Waals surface area contributed by atoms with Crippen molar-refractivity contribution < 1.29 is 9.23 Å². The van der Waals surface area contributed by atoms with Gasteiger partial charge in [0.1, 0.15) is 0 Å². The summed E-state index contributed by atoms with van der Waals surface area (Å²) in [6.45, 7) is 4.39. The van der Waals surface area contributed by atoms with Crippen LogP contribution >= 0.6 is 0 Å². The van der Waals surface area contributed by atoms with Crippen molar-refractivity contribution in [2.45, 2.75) is 13.3 Å². The van der Waals surface area contributed by atoms with Gasteiger partial charge in [0.05, 0.1) is 13.3 Å². The van der Waals surface area contributed by atoms with Crippen LogP contribution in [0.15, 0.2) is 0 Å². The standard InChI is InChI=1S/C7H14FNO/c1-7-5-9(10-6-7)4-2-3-8/h7H,2-6H2,1H3. The minimum absolute atomic E-state index is 0.242. The molecule has 1 aliphatic heterocycles. The molecule has 0 bridgehead atoms. The molecule has 1 rings (SSSR count). The maximum Gasteiger partial charge on any atom is 0.0907 e. The Morgan fingerprint density at radius 2 is 2.50 bits per heavy atom. The molecule has 60 valence electrons. The highest BCUT2D eigenvalue weighted by molar-refractivity contribution is 4.61. The van der Waals surface area contributed by atoms with E-state index in [1.807, 2.05) is 5.06 Å². The molecule has 1 unspecified atom stereocenters. The van der Waals surface area contributed by atoms with Gasteiger partial charge in [0.15, 0.2) is 0 Å². The maximum absolute atomic E-state index is 11.7. The summed E-state index contributed by atoms with van der Waals surface area (Å²) in [7, 11) is 0. The molecule has 1 atom stereocenters. The molecule has 0 amide bonds. The first-order chi connectivity index (χ1) is 4.83. The molecule has 0 aromatic heterocycles. The normalized spacial score (nSPS) is 27.6. The molecule has 10 heavy (non-hydrogen) atoms. The predicted molar refractivity (Wildman–Crippen MR) is 37.3 cm³/mol. The van der Waals surface area contributed by atoms with Gasteiger partial charge in [0, 0.05) is 13.1 Å². The Hall–Kier alpha value is -0.150. The zero-order chi connectivity index (χ0) is 7.40. The van der Waals surface area contributed by atoms with E-state index in [1.54, 1.807) is 0 Å². The number of halogens is 1. The lowest BCUT2D eigenvalue weighted by atomic mass is 10.2. The third-order valence-electron chi connectivity index (χ3n) is 1.60. The third-order valence-corrected chi connectivity index (χ3v) is 1.60. The highest BCUT2D eigenvalue weighted by Gasteiger charge is 2.18. The minimum Gasteiger partial charge on any atom is -0.299 e. The molecule has 0 aliphatic carbocycles. The topological polar surface area (TPSA) is 12.5 Å². The molecule has 3 heteroatoms. The number of hydrogen-bond acceptors (Lipinski definition) is 2. The van der Waals surface area contributed by atoms with E-state index in [0.717, 1.165) is 19.7 Å². The van der Waals surface area contributed by atoms with Crippen molar-refractivity contribution in [3.05, 3.63) is 0 Å². The van der Waals surface area contributed by atoms with Crippen LogP contribution in [0.25, 0.3) is 0 Å². The molecule has 0 spiro atoms. The molecular weight excluding hydrogens is 133 g/mol. The van der Waals surface area contributed by atoms with Crippen LogP contribution in [0.1, 0.15) is 13.3 Å². The number of hydrogen-bond donors (Lipinski definition) is 0. The van der Waals surface area contributed by atoms with E-state index in [4.69, 9.17) is 4.84 Å². The summed E-state index contributed by atoms with van der Waals surface area (Å²) in [5.74, 6) is 0.611. The Balaban J connectivity index is 2.06. The second-order valence-electron chi connectivity index (χ2n) is 2.83. The molecule has 1 aliphatic rings. The van der Waals surface area contributed by atoms with Gasteiger partial charge in [-0.25, -0.2) is 0 Å². The minimum atomic E-state index is -0.242. The first kappa shape index (κ1) is 7.95. The van der Waals surface area contributed by atoms with E-state index in [1.165, 1.54) is 0 Å². The molecule has 0 N–H and O–H groups in total. The van der Waals surface area contributed by atoms with E-state index in [0.29, 0.717) is 12.3 Å². The van der Waals surface area contributed by atoms with E-state index < -0.39 is 0 Å². The molecule has 0 radical (unpaired) electrons. The summed E-state index contributed by atoms with van der Waals surface area (Å²) >= 11 is 0. The Morgan fingerprint density at radius 1 is 1.70 bits per heavy atom. The van der Waals surface area contributed by atoms with Crippen molar-refractivity contribution in [2.75, 3.05) is 26.4 Å². The molecular formula is C7H14FNO. The van der Waals surface area contributed by atoms with Crippen LogP contribution < -0.4 is 0 Å². The second kappa shape index (κ2) is 3.88. The van der Waals surface area contributed by atoms with Gasteiger partial charge in [-0.15, -0.1) is 0 Å². The van der Waals surface area contributed by atoms with E-state index in [-0.39, 0.29) is 6.67 Å². The zero-order valence-electron chi connectivity index (χ0n) is 6.35. The summed E-state index contributed by atoms with van der Waals surface area (Å²) in [5.41, 5.74) is 0. The van der Waals surface area contributed by atoms with Crippen LogP contribution in [0, 0.1) is 5.92 Å². The van der Waals surface area contributed by atoms with E-state index >= 15 is 0 Å². The van der Waals surface area contributed by atoms with Crippen molar-refractivity contribution in [2.24, 2.45) is 5.92 Å². The monoisotopic (exact) mass is 147 g/mol. The number of rotatable bonds is 3.